The van der Waals surface area contributed by atoms with E-state index in [1.54, 1.807) is 18.2 Å². The van der Waals surface area contributed by atoms with Gasteiger partial charge in [0.15, 0.2) is 11.5 Å². The Kier molecular flexibility index (Phi) is 7.14. The van der Waals surface area contributed by atoms with Gasteiger partial charge in [0.2, 0.25) is 0 Å². The van der Waals surface area contributed by atoms with Gasteiger partial charge in [-0.2, -0.15) is 0 Å². The predicted molar refractivity (Wildman–Crippen MR) is 105 cm³/mol. The zero-order chi connectivity index (χ0) is 18.4. The van der Waals surface area contributed by atoms with Gasteiger partial charge >= 0.3 is 0 Å². The van der Waals surface area contributed by atoms with Gasteiger partial charge in [-0.25, -0.2) is 0 Å². The van der Waals surface area contributed by atoms with E-state index < -0.39 is 0 Å². The highest BCUT2D eigenvalue weighted by Gasteiger charge is 2.16. The number of hydrogen-bond donors (Lipinski definition) is 1. The van der Waals surface area contributed by atoms with Gasteiger partial charge < -0.3 is 14.8 Å². The number of carbonyl (C=O) groups is 1. The molecule has 2 rings (SSSR count). The fourth-order valence-electron chi connectivity index (χ4n) is 2.18. The van der Waals surface area contributed by atoms with E-state index in [2.05, 4.69) is 21.2 Å². The number of ether oxygens (including phenoxy) is 2. The minimum atomic E-state index is -0.247. The molecule has 25 heavy (non-hydrogen) atoms. The lowest BCUT2D eigenvalue weighted by Crippen LogP contribution is -2.13. The fourth-order valence-corrected chi connectivity index (χ4v) is 2.92. The molecule has 0 saturated heterocycles. The first-order chi connectivity index (χ1) is 12.0. The van der Waals surface area contributed by atoms with Gasteiger partial charge in [-0.15, -0.1) is 0 Å². The second-order valence-electron chi connectivity index (χ2n) is 5.48. The molecule has 0 atom stereocenters. The van der Waals surface area contributed by atoms with Crippen molar-refractivity contribution >= 4 is 39.1 Å². The van der Waals surface area contributed by atoms with Crippen LogP contribution >= 0.6 is 27.5 Å². The van der Waals surface area contributed by atoms with Crippen molar-refractivity contribution in [1.82, 2.24) is 0 Å². The van der Waals surface area contributed by atoms with Crippen LogP contribution < -0.4 is 14.8 Å². The molecule has 0 heterocycles. The molecule has 0 spiro atoms. The quantitative estimate of drug-likeness (QED) is 0.604. The van der Waals surface area contributed by atoms with Crippen molar-refractivity contribution in [3.63, 3.8) is 0 Å². The third-order valence-corrected chi connectivity index (χ3v) is 4.45. The normalized spacial score (nSPS) is 10.4. The third-order valence-electron chi connectivity index (χ3n) is 3.45. The summed E-state index contributed by atoms with van der Waals surface area (Å²) in [6.07, 6.45) is 0.883. The number of benzene rings is 2. The summed E-state index contributed by atoms with van der Waals surface area (Å²) in [5.74, 6) is 0.902. The van der Waals surface area contributed by atoms with Crippen molar-refractivity contribution in [1.29, 1.82) is 0 Å². The number of anilines is 1. The first-order valence-corrected chi connectivity index (χ1v) is 9.30. The predicted octanol–water partition coefficient (Wildman–Crippen LogP) is 5.85. The van der Waals surface area contributed by atoms with Gasteiger partial charge in [-0.1, -0.05) is 24.6 Å². The lowest BCUT2D eigenvalue weighted by Gasteiger charge is -2.15. The molecule has 0 aromatic heterocycles. The van der Waals surface area contributed by atoms with Crippen LogP contribution in [0, 0.1) is 6.92 Å². The van der Waals surface area contributed by atoms with Crippen molar-refractivity contribution in [3.8, 4) is 11.5 Å². The van der Waals surface area contributed by atoms with Crippen LogP contribution in [0.3, 0.4) is 0 Å². The summed E-state index contributed by atoms with van der Waals surface area (Å²) in [5.41, 5.74) is 2.07. The Balaban J connectivity index is 2.27. The maximum absolute atomic E-state index is 12.6. The van der Waals surface area contributed by atoms with Crippen LogP contribution in [0.5, 0.6) is 11.5 Å². The summed E-state index contributed by atoms with van der Waals surface area (Å²) in [6, 6.07) is 8.81. The molecule has 0 aliphatic heterocycles. The van der Waals surface area contributed by atoms with Crippen molar-refractivity contribution in [2.45, 2.75) is 27.2 Å². The average Bonchev–Trinajstić information content (AvgIpc) is 2.57. The molecule has 0 radical (unpaired) electrons. The van der Waals surface area contributed by atoms with Crippen LogP contribution in [0.15, 0.2) is 34.8 Å². The van der Waals surface area contributed by atoms with E-state index in [9.17, 15) is 4.79 Å². The van der Waals surface area contributed by atoms with E-state index in [1.807, 2.05) is 32.9 Å². The van der Waals surface area contributed by atoms with Crippen molar-refractivity contribution in [2.24, 2.45) is 0 Å². The largest absolute Gasteiger partial charge is 0.490 e. The highest BCUT2D eigenvalue weighted by atomic mass is 79.9. The zero-order valence-electron chi connectivity index (χ0n) is 14.5. The second kappa shape index (κ2) is 9.11. The highest BCUT2D eigenvalue weighted by Crippen LogP contribution is 2.37. The van der Waals surface area contributed by atoms with Gasteiger partial charge in [0.05, 0.1) is 17.7 Å². The Morgan fingerprint density at radius 1 is 1.20 bits per heavy atom. The molecule has 0 bridgehead atoms. The molecule has 2 aromatic rings. The van der Waals surface area contributed by atoms with Crippen molar-refractivity contribution in [2.75, 3.05) is 18.5 Å². The SMILES string of the molecule is CCCOc1c(Br)cc(C(=O)Nc2ccc(C)c(Cl)c2)cc1OCC. The summed E-state index contributed by atoms with van der Waals surface area (Å²) >= 11 is 9.58. The fraction of sp³-hybridized carbons (Fsp3) is 0.316. The molecular formula is C19H21BrClNO3. The van der Waals surface area contributed by atoms with Crippen molar-refractivity contribution in [3.05, 3.63) is 51.0 Å². The molecule has 0 aliphatic rings. The molecule has 1 amide bonds. The summed E-state index contributed by atoms with van der Waals surface area (Å²) in [7, 11) is 0. The van der Waals surface area contributed by atoms with Gasteiger partial charge in [0.1, 0.15) is 0 Å². The topological polar surface area (TPSA) is 47.6 Å². The Morgan fingerprint density at radius 2 is 1.96 bits per heavy atom. The number of aryl methyl sites for hydroxylation is 1. The molecule has 0 saturated carbocycles. The highest BCUT2D eigenvalue weighted by molar-refractivity contribution is 9.10. The summed E-state index contributed by atoms with van der Waals surface area (Å²) in [5, 5.41) is 3.45. The molecule has 0 unspecified atom stereocenters. The minimum Gasteiger partial charge on any atom is -0.490 e. The maximum Gasteiger partial charge on any atom is 0.255 e. The first-order valence-electron chi connectivity index (χ1n) is 8.12. The summed E-state index contributed by atoms with van der Waals surface area (Å²) in [4.78, 5) is 12.6. The van der Waals surface area contributed by atoms with E-state index in [-0.39, 0.29) is 5.91 Å². The Morgan fingerprint density at radius 3 is 2.60 bits per heavy atom. The Bertz CT molecular complexity index is 765. The molecule has 0 fully saturated rings. The number of carbonyl (C=O) groups excluding carboxylic acids is 1. The number of halogens is 2. The van der Waals surface area contributed by atoms with E-state index in [0.29, 0.717) is 45.5 Å². The lowest BCUT2D eigenvalue weighted by molar-refractivity contribution is 0.102. The van der Waals surface area contributed by atoms with Gasteiger partial charge in [0, 0.05) is 16.3 Å². The van der Waals surface area contributed by atoms with Crippen LogP contribution in [0.2, 0.25) is 5.02 Å². The Hall–Kier alpha value is -1.72. The molecule has 4 nitrogen and oxygen atoms in total. The summed E-state index contributed by atoms with van der Waals surface area (Å²) < 4.78 is 12.0. The van der Waals surface area contributed by atoms with Crippen LogP contribution in [0.4, 0.5) is 5.69 Å². The van der Waals surface area contributed by atoms with Crippen LogP contribution in [-0.2, 0) is 0 Å². The van der Waals surface area contributed by atoms with E-state index in [0.717, 1.165) is 12.0 Å². The van der Waals surface area contributed by atoms with Gasteiger partial charge in [-0.05, 0) is 66.0 Å². The first kappa shape index (κ1) is 19.6. The van der Waals surface area contributed by atoms with E-state index in [4.69, 9.17) is 21.1 Å². The van der Waals surface area contributed by atoms with Crippen LogP contribution in [0.25, 0.3) is 0 Å². The minimum absolute atomic E-state index is 0.247. The molecule has 0 aliphatic carbocycles. The molecule has 2 aromatic carbocycles. The van der Waals surface area contributed by atoms with Crippen molar-refractivity contribution < 1.29 is 14.3 Å². The van der Waals surface area contributed by atoms with E-state index >= 15 is 0 Å². The maximum atomic E-state index is 12.6. The molecule has 6 heteroatoms. The Labute approximate surface area is 161 Å². The smallest absolute Gasteiger partial charge is 0.255 e. The van der Waals surface area contributed by atoms with E-state index in [1.165, 1.54) is 0 Å². The number of amides is 1. The molecular weight excluding hydrogens is 406 g/mol. The summed E-state index contributed by atoms with van der Waals surface area (Å²) in [6.45, 7) is 6.88. The standard InChI is InChI=1S/C19H21BrClNO3/c1-4-8-25-18-15(20)9-13(10-17(18)24-5-2)19(23)22-14-7-6-12(3)16(21)11-14/h6-7,9-11H,4-5,8H2,1-3H3,(H,22,23). The monoisotopic (exact) mass is 425 g/mol. The van der Waals surface area contributed by atoms with Gasteiger partial charge in [-0.3, -0.25) is 4.79 Å². The average molecular weight is 427 g/mol. The third kappa shape index (κ3) is 5.13. The number of rotatable bonds is 7. The zero-order valence-corrected chi connectivity index (χ0v) is 16.8. The second-order valence-corrected chi connectivity index (χ2v) is 6.75. The van der Waals surface area contributed by atoms with Gasteiger partial charge in [0.25, 0.3) is 5.91 Å². The van der Waals surface area contributed by atoms with Crippen LogP contribution in [0.1, 0.15) is 36.2 Å². The molecule has 1 N–H and O–H groups in total. The lowest BCUT2D eigenvalue weighted by atomic mass is 10.1. The van der Waals surface area contributed by atoms with Crippen LogP contribution in [-0.4, -0.2) is 19.1 Å². The molecule has 134 valence electrons. The number of hydrogen-bond acceptors (Lipinski definition) is 3. The number of nitrogens with one attached hydrogen (secondary N) is 1.